The third kappa shape index (κ3) is 4.24. The lowest BCUT2D eigenvalue weighted by molar-refractivity contribution is -0.127. The molecule has 0 aliphatic rings. The number of imide groups is 1. The van der Waals surface area contributed by atoms with Crippen LogP contribution in [0.25, 0.3) is 16.9 Å². The second kappa shape index (κ2) is 8.17. The first-order chi connectivity index (χ1) is 13.5. The van der Waals surface area contributed by atoms with Crippen molar-refractivity contribution < 1.29 is 19.1 Å². The first kappa shape index (κ1) is 18.8. The third-order valence-corrected chi connectivity index (χ3v) is 3.89. The molecule has 8 heteroatoms. The molecule has 0 saturated carbocycles. The Balaban J connectivity index is 1.94. The van der Waals surface area contributed by atoms with E-state index < -0.39 is 24.0 Å². The summed E-state index contributed by atoms with van der Waals surface area (Å²) < 4.78 is 6.64. The van der Waals surface area contributed by atoms with Crippen molar-refractivity contribution in [3.05, 3.63) is 72.4 Å². The van der Waals surface area contributed by atoms with Crippen LogP contribution < -0.4 is 11.1 Å². The molecule has 1 aromatic heterocycles. The van der Waals surface area contributed by atoms with E-state index in [1.165, 1.54) is 11.6 Å². The number of rotatable bonds is 5. The molecular weight excluding hydrogens is 360 g/mol. The van der Waals surface area contributed by atoms with Gasteiger partial charge in [-0.15, -0.1) is 0 Å². The van der Waals surface area contributed by atoms with Crippen LogP contribution >= 0.6 is 0 Å². The zero-order valence-corrected chi connectivity index (χ0v) is 15.0. The van der Waals surface area contributed by atoms with Gasteiger partial charge < -0.3 is 10.5 Å². The van der Waals surface area contributed by atoms with E-state index in [-0.39, 0.29) is 5.69 Å². The highest BCUT2D eigenvalue weighted by Crippen LogP contribution is 2.22. The molecule has 0 aliphatic heterocycles. The minimum absolute atomic E-state index is 0.142. The number of carbonyl (C=O) groups is 3. The highest BCUT2D eigenvalue weighted by molar-refractivity contribution is 5.98. The van der Waals surface area contributed by atoms with Gasteiger partial charge in [-0.25, -0.2) is 14.3 Å². The third-order valence-electron chi connectivity index (χ3n) is 3.89. The van der Waals surface area contributed by atoms with E-state index in [1.807, 2.05) is 53.8 Å². The SMILES string of the molecule is CC(OC(=O)c1cc(-c2ccccc2)nn1-c1ccccc1)C(=O)NC(N)=O. The van der Waals surface area contributed by atoms with Gasteiger partial charge in [0, 0.05) is 5.56 Å². The number of carbonyl (C=O) groups excluding carboxylic acids is 3. The maximum Gasteiger partial charge on any atom is 0.357 e. The molecule has 1 unspecified atom stereocenters. The molecule has 8 nitrogen and oxygen atoms in total. The molecule has 0 saturated heterocycles. The van der Waals surface area contributed by atoms with Crippen molar-refractivity contribution >= 4 is 17.9 Å². The van der Waals surface area contributed by atoms with Crippen LogP contribution in [0.4, 0.5) is 4.79 Å². The Morgan fingerprint density at radius 1 is 1.04 bits per heavy atom. The predicted octanol–water partition coefficient (Wildman–Crippen LogP) is 2.28. The highest BCUT2D eigenvalue weighted by atomic mass is 16.5. The Hall–Kier alpha value is -3.94. The summed E-state index contributed by atoms with van der Waals surface area (Å²) in [5.74, 6) is -1.57. The fourth-order valence-electron chi connectivity index (χ4n) is 2.54. The van der Waals surface area contributed by atoms with Crippen molar-refractivity contribution in [1.29, 1.82) is 0 Å². The summed E-state index contributed by atoms with van der Waals surface area (Å²) in [5.41, 5.74) is 7.12. The molecule has 0 bridgehead atoms. The maximum absolute atomic E-state index is 12.7. The number of nitrogens with two attached hydrogens (primary N) is 1. The van der Waals surface area contributed by atoms with Crippen molar-refractivity contribution in [2.75, 3.05) is 0 Å². The van der Waals surface area contributed by atoms with Gasteiger partial charge in [-0.3, -0.25) is 10.1 Å². The highest BCUT2D eigenvalue weighted by Gasteiger charge is 2.24. The number of nitrogens with zero attached hydrogens (tertiary/aromatic N) is 2. The number of esters is 1. The quantitative estimate of drug-likeness (QED) is 0.661. The lowest BCUT2D eigenvalue weighted by atomic mass is 10.1. The summed E-state index contributed by atoms with van der Waals surface area (Å²) >= 11 is 0. The molecule has 0 fully saturated rings. The van der Waals surface area contributed by atoms with E-state index in [0.29, 0.717) is 11.4 Å². The van der Waals surface area contributed by atoms with Gasteiger partial charge in [0.1, 0.15) is 0 Å². The number of ether oxygens (including phenoxy) is 1. The van der Waals surface area contributed by atoms with Gasteiger partial charge in [-0.2, -0.15) is 5.10 Å². The molecule has 1 heterocycles. The number of hydrogen-bond acceptors (Lipinski definition) is 5. The smallest absolute Gasteiger partial charge is 0.357 e. The number of aromatic nitrogens is 2. The van der Waals surface area contributed by atoms with Crippen LogP contribution in [-0.2, 0) is 9.53 Å². The van der Waals surface area contributed by atoms with Crippen LogP contribution in [0.1, 0.15) is 17.4 Å². The predicted molar refractivity (Wildman–Crippen MR) is 102 cm³/mol. The summed E-state index contributed by atoms with van der Waals surface area (Å²) in [6.07, 6.45) is -1.21. The van der Waals surface area contributed by atoms with Gasteiger partial charge in [0.05, 0.1) is 11.4 Å². The Morgan fingerprint density at radius 3 is 2.25 bits per heavy atom. The van der Waals surface area contributed by atoms with Gasteiger partial charge >= 0.3 is 12.0 Å². The van der Waals surface area contributed by atoms with Crippen molar-refractivity contribution in [3.8, 4) is 16.9 Å². The van der Waals surface area contributed by atoms with E-state index in [0.717, 1.165) is 5.56 Å². The summed E-state index contributed by atoms with van der Waals surface area (Å²) in [5, 5.41) is 6.39. The Labute approximate surface area is 160 Å². The van der Waals surface area contributed by atoms with Crippen LogP contribution in [-0.4, -0.2) is 33.8 Å². The van der Waals surface area contributed by atoms with Crippen LogP contribution in [0.3, 0.4) is 0 Å². The molecular formula is C20H18N4O4. The molecule has 3 amide bonds. The Morgan fingerprint density at radius 2 is 1.64 bits per heavy atom. The van der Waals surface area contributed by atoms with E-state index >= 15 is 0 Å². The first-order valence-electron chi connectivity index (χ1n) is 8.48. The van der Waals surface area contributed by atoms with Crippen molar-refractivity contribution in [1.82, 2.24) is 15.1 Å². The topological polar surface area (TPSA) is 116 Å². The van der Waals surface area contributed by atoms with Crippen LogP contribution in [0, 0.1) is 0 Å². The molecule has 0 spiro atoms. The monoisotopic (exact) mass is 378 g/mol. The summed E-state index contributed by atoms with van der Waals surface area (Å²) in [4.78, 5) is 35.3. The molecule has 0 radical (unpaired) electrons. The van der Waals surface area contributed by atoms with Gasteiger partial charge in [-0.05, 0) is 25.1 Å². The van der Waals surface area contributed by atoms with Gasteiger partial charge in [0.2, 0.25) is 0 Å². The average Bonchev–Trinajstić information content (AvgIpc) is 3.14. The van der Waals surface area contributed by atoms with Gasteiger partial charge in [0.15, 0.2) is 11.8 Å². The summed E-state index contributed by atoms with van der Waals surface area (Å²) in [6, 6.07) is 19.0. The second-order valence-corrected chi connectivity index (χ2v) is 5.93. The zero-order chi connectivity index (χ0) is 20.1. The Bertz CT molecular complexity index is 1000. The summed E-state index contributed by atoms with van der Waals surface area (Å²) in [7, 11) is 0. The summed E-state index contributed by atoms with van der Waals surface area (Å²) in [6.45, 7) is 1.34. The number of benzene rings is 2. The fraction of sp³-hybridized carbons (Fsp3) is 0.100. The minimum Gasteiger partial charge on any atom is -0.448 e. The number of para-hydroxylation sites is 1. The molecule has 3 N–H and O–H groups in total. The number of nitrogens with one attached hydrogen (secondary N) is 1. The fourth-order valence-corrected chi connectivity index (χ4v) is 2.54. The minimum atomic E-state index is -1.21. The molecule has 2 aromatic carbocycles. The Kier molecular flexibility index (Phi) is 5.50. The van der Waals surface area contributed by atoms with Gasteiger partial charge in [-0.1, -0.05) is 48.5 Å². The number of urea groups is 1. The van der Waals surface area contributed by atoms with E-state index in [4.69, 9.17) is 10.5 Å². The van der Waals surface area contributed by atoms with Crippen LogP contribution in [0.2, 0.25) is 0 Å². The largest absolute Gasteiger partial charge is 0.448 e. The van der Waals surface area contributed by atoms with Crippen molar-refractivity contribution in [3.63, 3.8) is 0 Å². The van der Waals surface area contributed by atoms with Crippen LogP contribution in [0.15, 0.2) is 66.7 Å². The zero-order valence-electron chi connectivity index (χ0n) is 15.0. The standard InChI is InChI=1S/C20H18N4O4/c1-13(18(25)22-20(21)27)28-19(26)17-12-16(14-8-4-2-5-9-14)23-24(17)15-10-6-3-7-11-15/h2-13H,1H3,(H3,21,22,25,27). The molecule has 28 heavy (non-hydrogen) atoms. The molecule has 1 atom stereocenters. The second-order valence-electron chi connectivity index (χ2n) is 5.93. The number of amides is 3. The van der Waals surface area contributed by atoms with Crippen molar-refractivity contribution in [2.45, 2.75) is 13.0 Å². The number of hydrogen-bond donors (Lipinski definition) is 2. The lowest BCUT2D eigenvalue weighted by Gasteiger charge is -2.12. The maximum atomic E-state index is 12.7. The van der Waals surface area contributed by atoms with Crippen molar-refractivity contribution in [2.24, 2.45) is 5.73 Å². The lowest BCUT2D eigenvalue weighted by Crippen LogP contribution is -2.42. The van der Waals surface area contributed by atoms with Crippen LogP contribution in [0.5, 0.6) is 0 Å². The normalized spacial score (nSPS) is 11.5. The number of primary amides is 1. The first-order valence-corrected chi connectivity index (χ1v) is 8.48. The molecule has 142 valence electrons. The average molecular weight is 378 g/mol. The van der Waals surface area contributed by atoms with E-state index in [1.54, 1.807) is 18.2 Å². The van der Waals surface area contributed by atoms with Gasteiger partial charge in [0.25, 0.3) is 5.91 Å². The molecule has 3 aromatic rings. The molecule has 0 aliphatic carbocycles. The molecule has 3 rings (SSSR count). The van der Waals surface area contributed by atoms with E-state index in [2.05, 4.69) is 5.10 Å². The van der Waals surface area contributed by atoms with E-state index in [9.17, 15) is 14.4 Å².